The van der Waals surface area contributed by atoms with Gasteiger partial charge >= 0.3 is 0 Å². The van der Waals surface area contributed by atoms with Crippen LogP contribution in [0.4, 0.5) is 11.4 Å². The van der Waals surface area contributed by atoms with Crippen LogP contribution in [-0.2, 0) is 4.79 Å². The number of benzene rings is 2. The zero-order chi connectivity index (χ0) is 15.2. The number of anilines is 2. The minimum atomic E-state index is -0.517. The minimum absolute atomic E-state index is 0.0692. The first-order valence-corrected chi connectivity index (χ1v) is 6.60. The Morgan fingerprint density at radius 1 is 1.10 bits per heavy atom. The summed E-state index contributed by atoms with van der Waals surface area (Å²) in [6.07, 6.45) is 0. The van der Waals surface area contributed by atoms with E-state index in [9.17, 15) is 14.8 Å². The van der Waals surface area contributed by atoms with E-state index in [-0.39, 0.29) is 18.2 Å². The van der Waals surface area contributed by atoms with Gasteiger partial charge in [-0.15, -0.1) is 0 Å². The Morgan fingerprint density at radius 3 is 2.24 bits per heavy atom. The summed E-state index contributed by atoms with van der Waals surface area (Å²) < 4.78 is 0. The summed E-state index contributed by atoms with van der Waals surface area (Å²) in [5.74, 6) is -0.607. The van der Waals surface area contributed by atoms with Crippen molar-refractivity contribution in [2.75, 3.05) is 11.4 Å². The van der Waals surface area contributed by atoms with Crippen LogP contribution in [0.5, 0.6) is 5.75 Å². The number of phenolic OH excluding ortho intramolecular Hbond substituents is 1. The topological polar surface area (TPSA) is 70.0 Å². The van der Waals surface area contributed by atoms with Gasteiger partial charge in [-0.3, -0.25) is 9.69 Å². The fourth-order valence-corrected chi connectivity index (χ4v) is 1.99. The molecule has 0 aliphatic heterocycles. The molecule has 0 saturated heterocycles. The molecule has 0 aliphatic carbocycles. The molecule has 1 atom stereocenters. The molecule has 0 aromatic heterocycles. The third kappa shape index (κ3) is 3.45. The zero-order valence-electron chi connectivity index (χ0n) is 11.6. The predicted molar refractivity (Wildman–Crippen MR) is 81.5 cm³/mol. The van der Waals surface area contributed by atoms with Crippen molar-refractivity contribution in [2.45, 2.75) is 6.92 Å². The number of rotatable bonds is 5. The van der Waals surface area contributed by atoms with Crippen LogP contribution in [0.25, 0.3) is 0 Å². The molecule has 1 N–H and O–H groups in total. The number of para-hydroxylation sites is 1. The second-order valence-corrected chi connectivity index (χ2v) is 4.74. The molecule has 2 rings (SSSR count). The van der Waals surface area contributed by atoms with Gasteiger partial charge in [0.2, 0.25) is 5.91 Å². The largest absolute Gasteiger partial charge is 0.508 e. The molecule has 0 spiro atoms. The van der Waals surface area contributed by atoms with Gasteiger partial charge in [0.1, 0.15) is 5.75 Å². The Hall–Kier alpha value is -2.69. The van der Waals surface area contributed by atoms with E-state index in [1.165, 1.54) is 17.0 Å². The Balaban J connectivity index is 2.42. The van der Waals surface area contributed by atoms with Crippen LogP contribution in [0, 0.1) is 10.8 Å². The van der Waals surface area contributed by atoms with Crippen LogP contribution in [-0.4, -0.2) is 17.6 Å². The standard InChI is InChI=1S/C16H16N2O3/c1-12(11-17-21)16(20)18(13-5-3-2-4-6-13)14-7-9-15(19)10-8-14/h2-10,12,19H,11H2,1H3. The van der Waals surface area contributed by atoms with Crippen molar-refractivity contribution in [3.05, 3.63) is 59.5 Å². The molecular weight excluding hydrogens is 268 g/mol. The highest BCUT2D eigenvalue weighted by Crippen LogP contribution is 2.28. The van der Waals surface area contributed by atoms with Crippen LogP contribution < -0.4 is 4.90 Å². The number of carbonyl (C=O) groups excluding carboxylic acids is 1. The van der Waals surface area contributed by atoms with Crippen molar-refractivity contribution >= 4 is 17.3 Å². The lowest BCUT2D eigenvalue weighted by Gasteiger charge is -2.25. The van der Waals surface area contributed by atoms with Crippen molar-refractivity contribution < 1.29 is 9.90 Å². The van der Waals surface area contributed by atoms with Gasteiger partial charge in [-0.1, -0.05) is 30.3 Å². The number of carbonyl (C=O) groups is 1. The molecule has 5 heteroatoms. The number of amides is 1. The van der Waals surface area contributed by atoms with Gasteiger partial charge in [-0.2, -0.15) is 4.91 Å². The van der Waals surface area contributed by atoms with Crippen LogP contribution in [0.1, 0.15) is 6.92 Å². The summed E-state index contributed by atoms with van der Waals surface area (Å²) in [6, 6.07) is 15.5. The van der Waals surface area contributed by atoms with E-state index in [1.54, 1.807) is 19.1 Å². The molecule has 1 unspecified atom stereocenters. The van der Waals surface area contributed by atoms with Gasteiger partial charge in [0.05, 0.1) is 12.5 Å². The summed E-state index contributed by atoms with van der Waals surface area (Å²) in [4.78, 5) is 24.5. The monoisotopic (exact) mass is 284 g/mol. The fraction of sp³-hybridized carbons (Fsp3) is 0.188. The van der Waals surface area contributed by atoms with Crippen molar-refractivity contribution in [1.82, 2.24) is 0 Å². The molecule has 0 bridgehead atoms. The van der Waals surface area contributed by atoms with E-state index in [0.29, 0.717) is 11.4 Å². The molecule has 2 aromatic rings. The number of aromatic hydroxyl groups is 1. The van der Waals surface area contributed by atoms with Gasteiger partial charge in [-0.05, 0) is 36.4 Å². The average Bonchev–Trinajstić information content (AvgIpc) is 2.50. The molecule has 21 heavy (non-hydrogen) atoms. The smallest absolute Gasteiger partial charge is 0.236 e. The maximum Gasteiger partial charge on any atom is 0.236 e. The van der Waals surface area contributed by atoms with E-state index < -0.39 is 5.92 Å². The van der Waals surface area contributed by atoms with Gasteiger partial charge in [0.15, 0.2) is 0 Å². The molecule has 0 heterocycles. The van der Waals surface area contributed by atoms with Crippen molar-refractivity contribution in [3.63, 3.8) is 0 Å². The number of nitrogens with zero attached hydrogens (tertiary/aromatic N) is 2. The van der Waals surface area contributed by atoms with Crippen molar-refractivity contribution in [1.29, 1.82) is 0 Å². The lowest BCUT2D eigenvalue weighted by atomic mass is 10.1. The van der Waals surface area contributed by atoms with Gasteiger partial charge < -0.3 is 5.11 Å². The quantitative estimate of drug-likeness (QED) is 0.855. The molecule has 0 saturated carbocycles. The van der Waals surface area contributed by atoms with E-state index in [0.717, 1.165) is 0 Å². The van der Waals surface area contributed by atoms with Crippen LogP contribution in [0.2, 0.25) is 0 Å². The van der Waals surface area contributed by atoms with Gasteiger partial charge in [0, 0.05) is 11.4 Å². The molecule has 2 aromatic carbocycles. The molecule has 5 nitrogen and oxygen atoms in total. The molecule has 0 radical (unpaired) electrons. The number of hydrogen-bond donors (Lipinski definition) is 1. The summed E-state index contributed by atoms with van der Waals surface area (Å²) >= 11 is 0. The Bertz CT molecular complexity index is 611. The van der Waals surface area contributed by atoms with Crippen LogP contribution >= 0.6 is 0 Å². The van der Waals surface area contributed by atoms with Gasteiger partial charge in [-0.25, -0.2) is 0 Å². The van der Waals surface area contributed by atoms with E-state index in [1.807, 2.05) is 30.3 Å². The molecule has 1 amide bonds. The first-order valence-electron chi connectivity index (χ1n) is 6.60. The lowest BCUT2D eigenvalue weighted by molar-refractivity contribution is -0.120. The molecular formula is C16H16N2O3. The number of hydrogen-bond acceptors (Lipinski definition) is 4. The molecule has 0 aliphatic rings. The van der Waals surface area contributed by atoms with Crippen molar-refractivity contribution in [3.8, 4) is 5.75 Å². The maximum atomic E-state index is 12.6. The SMILES string of the molecule is CC(CN=O)C(=O)N(c1ccccc1)c1ccc(O)cc1. The zero-order valence-corrected chi connectivity index (χ0v) is 11.6. The first-order chi connectivity index (χ1) is 10.1. The highest BCUT2D eigenvalue weighted by Gasteiger charge is 2.23. The number of phenols is 1. The van der Waals surface area contributed by atoms with E-state index >= 15 is 0 Å². The van der Waals surface area contributed by atoms with Crippen molar-refractivity contribution in [2.24, 2.45) is 11.1 Å². The summed E-state index contributed by atoms with van der Waals surface area (Å²) in [6.45, 7) is 1.60. The second-order valence-electron chi connectivity index (χ2n) is 4.74. The third-order valence-corrected chi connectivity index (χ3v) is 3.11. The normalized spacial score (nSPS) is 11.7. The van der Waals surface area contributed by atoms with Crippen LogP contribution in [0.15, 0.2) is 59.8 Å². The van der Waals surface area contributed by atoms with E-state index in [4.69, 9.17) is 0 Å². The number of nitroso groups, excluding NO2 is 1. The predicted octanol–water partition coefficient (Wildman–Crippen LogP) is 3.46. The fourth-order valence-electron chi connectivity index (χ4n) is 1.99. The minimum Gasteiger partial charge on any atom is -0.508 e. The lowest BCUT2D eigenvalue weighted by Crippen LogP contribution is -2.32. The Kier molecular flexibility index (Phi) is 4.66. The first kappa shape index (κ1) is 14.7. The summed E-state index contributed by atoms with van der Waals surface area (Å²) in [5.41, 5.74) is 1.33. The molecule has 0 fully saturated rings. The van der Waals surface area contributed by atoms with E-state index in [2.05, 4.69) is 5.18 Å². The third-order valence-electron chi connectivity index (χ3n) is 3.11. The van der Waals surface area contributed by atoms with Crippen LogP contribution in [0.3, 0.4) is 0 Å². The molecule has 108 valence electrons. The maximum absolute atomic E-state index is 12.6. The highest BCUT2D eigenvalue weighted by atomic mass is 16.3. The van der Waals surface area contributed by atoms with Gasteiger partial charge in [0.25, 0.3) is 0 Å². The second kappa shape index (κ2) is 6.65. The highest BCUT2D eigenvalue weighted by molar-refractivity contribution is 6.01. The summed E-state index contributed by atoms with van der Waals surface area (Å²) in [5, 5.41) is 12.2. The summed E-state index contributed by atoms with van der Waals surface area (Å²) in [7, 11) is 0. The Labute approximate surface area is 122 Å². The Morgan fingerprint density at radius 2 is 1.67 bits per heavy atom. The average molecular weight is 284 g/mol.